The second-order valence-corrected chi connectivity index (χ2v) is 6.22. The zero-order chi connectivity index (χ0) is 15.2. The van der Waals surface area contributed by atoms with Gasteiger partial charge >= 0.3 is 0 Å². The van der Waals surface area contributed by atoms with E-state index >= 15 is 0 Å². The van der Waals surface area contributed by atoms with Crippen LogP contribution in [0.15, 0.2) is 23.6 Å². The Hall–Kier alpha value is -1.68. The van der Waals surface area contributed by atoms with Crippen LogP contribution in [-0.2, 0) is 4.79 Å². The van der Waals surface area contributed by atoms with Gasteiger partial charge in [0.15, 0.2) is 5.13 Å². The molecule has 0 fully saturated rings. The molecule has 0 spiro atoms. The van der Waals surface area contributed by atoms with Crippen LogP contribution in [0.1, 0.15) is 43.7 Å². The molecule has 0 radical (unpaired) electrons. The molecule has 2 aromatic rings. The number of benzene rings is 1. The zero-order valence-corrected chi connectivity index (χ0v) is 13.7. The average molecular weight is 302 g/mol. The van der Waals surface area contributed by atoms with Crippen LogP contribution < -0.4 is 5.32 Å². The Labute approximate surface area is 130 Å². The van der Waals surface area contributed by atoms with Crippen LogP contribution in [0.2, 0.25) is 0 Å². The number of hydrogen-bond donors (Lipinski definition) is 1. The number of unbranched alkanes of at least 4 members (excludes halogenated alkanes) is 2. The normalized spacial score (nSPS) is 10.6. The van der Waals surface area contributed by atoms with E-state index in [2.05, 4.69) is 49.3 Å². The summed E-state index contributed by atoms with van der Waals surface area (Å²) in [5, 5.41) is 5.58. The van der Waals surface area contributed by atoms with Crippen molar-refractivity contribution >= 4 is 22.4 Å². The fourth-order valence-corrected chi connectivity index (χ4v) is 2.91. The van der Waals surface area contributed by atoms with Gasteiger partial charge in [0, 0.05) is 17.4 Å². The Morgan fingerprint density at radius 1 is 1.29 bits per heavy atom. The van der Waals surface area contributed by atoms with Crippen molar-refractivity contribution < 1.29 is 4.79 Å². The molecular weight excluding hydrogens is 280 g/mol. The average Bonchev–Trinajstić information content (AvgIpc) is 2.90. The van der Waals surface area contributed by atoms with E-state index in [0.29, 0.717) is 11.6 Å². The fraction of sp³-hybridized carbons (Fsp3) is 0.412. The molecule has 0 aliphatic rings. The summed E-state index contributed by atoms with van der Waals surface area (Å²) >= 11 is 1.48. The monoisotopic (exact) mass is 302 g/mol. The number of nitrogens with one attached hydrogen (secondary N) is 1. The Balaban J connectivity index is 2.04. The topological polar surface area (TPSA) is 42.0 Å². The first-order chi connectivity index (χ1) is 10.1. The Morgan fingerprint density at radius 2 is 2.10 bits per heavy atom. The molecule has 0 aliphatic carbocycles. The van der Waals surface area contributed by atoms with Crippen LogP contribution in [0.3, 0.4) is 0 Å². The zero-order valence-electron chi connectivity index (χ0n) is 12.9. The van der Waals surface area contributed by atoms with Crippen molar-refractivity contribution in [2.45, 2.75) is 46.5 Å². The van der Waals surface area contributed by atoms with Crippen molar-refractivity contribution in [3.05, 3.63) is 34.7 Å². The number of carbonyl (C=O) groups excluding carboxylic acids is 1. The molecule has 0 saturated heterocycles. The summed E-state index contributed by atoms with van der Waals surface area (Å²) in [7, 11) is 0. The first-order valence-electron chi connectivity index (χ1n) is 7.43. The van der Waals surface area contributed by atoms with Crippen LogP contribution in [0.5, 0.6) is 0 Å². The number of aromatic nitrogens is 1. The van der Waals surface area contributed by atoms with Gasteiger partial charge in [0.1, 0.15) is 0 Å². The van der Waals surface area contributed by atoms with Crippen molar-refractivity contribution in [1.82, 2.24) is 4.98 Å². The molecule has 1 amide bonds. The lowest BCUT2D eigenvalue weighted by Gasteiger charge is -2.04. The molecule has 1 aromatic heterocycles. The second kappa shape index (κ2) is 7.36. The largest absolute Gasteiger partial charge is 0.302 e. The van der Waals surface area contributed by atoms with Gasteiger partial charge in [-0.1, -0.05) is 37.5 Å². The predicted octanol–water partition coefficient (Wildman–Crippen LogP) is 4.95. The van der Waals surface area contributed by atoms with E-state index < -0.39 is 0 Å². The summed E-state index contributed by atoms with van der Waals surface area (Å²) in [5.41, 5.74) is 4.49. The van der Waals surface area contributed by atoms with Gasteiger partial charge in [-0.2, -0.15) is 0 Å². The maximum absolute atomic E-state index is 11.8. The summed E-state index contributed by atoms with van der Waals surface area (Å²) in [6, 6.07) is 6.34. The molecule has 3 nitrogen and oxygen atoms in total. The Kier molecular flexibility index (Phi) is 5.51. The van der Waals surface area contributed by atoms with Gasteiger partial charge in [-0.3, -0.25) is 4.79 Å². The van der Waals surface area contributed by atoms with E-state index in [0.717, 1.165) is 30.5 Å². The van der Waals surface area contributed by atoms with Crippen LogP contribution in [0.4, 0.5) is 5.13 Å². The van der Waals surface area contributed by atoms with E-state index in [9.17, 15) is 4.79 Å². The first-order valence-corrected chi connectivity index (χ1v) is 8.31. The highest BCUT2D eigenvalue weighted by molar-refractivity contribution is 7.14. The summed E-state index contributed by atoms with van der Waals surface area (Å²) in [6.45, 7) is 6.29. The van der Waals surface area contributed by atoms with E-state index in [1.165, 1.54) is 22.5 Å². The molecule has 21 heavy (non-hydrogen) atoms. The summed E-state index contributed by atoms with van der Waals surface area (Å²) in [6.07, 6.45) is 3.74. The molecule has 0 bridgehead atoms. The molecule has 2 rings (SSSR count). The molecule has 1 aromatic carbocycles. The van der Waals surface area contributed by atoms with E-state index in [1.807, 2.05) is 5.38 Å². The number of thiazole rings is 1. The van der Waals surface area contributed by atoms with Crippen LogP contribution in [-0.4, -0.2) is 10.9 Å². The molecule has 0 saturated carbocycles. The number of nitrogens with zero attached hydrogens (tertiary/aromatic N) is 1. The van der Waals surface area contributed by atoms with Crippen molar-refractivity contribution in [1.29, 1.82) is 0 Å². The minimum atomic E-state index is 0.0605. The van der Waals surface area contributed by atoms with Gasteiger partial charge in [-0.05, 0) is 31.9 Å². The molecule has 0 atom stereocenters. The Bertz CT molecular complexity index is 619. The predicted molar refractivity (Wildman–Crippen MR) is 89.8 cm³/mol. The summed E-state index contributed by atoms with van der Waals surface area (Å²) in [5.74, 6) is 0.0605. The maximum Gasteiger partial charge on any atom is 0.226 e. The maximum atomic E-state index is 11.8. The molecule has 0 aliphatic heterocycles. The lowest BCUT2D eigenvalue weighted by Crippen LogP contribution is -2.10. The number of anilines is 1. The second-order valence-electron chi connectivity index (χ2n) is 5.36. The minimum Gasteiger partial charge on any atom is -0.302 e. The van der Waals surface area contributed by atoms with Gasteiger partial charge in [-0.15, -0.1) is 11.3 Å². The van der Waals surface area contributed by atoms with E-state index in [4.69, 9.17) is 0 Å². The number of aryl methyl sites for hydroxylation is 2. The van der Waals surface area contributed by atoms with E-state index in [1.54, 1.807) is 0 Å². The highest BCUT2D eigenvalue weighted by Crippen LogP contribution is 2.28. The minimum absolute atomic E-state index is 0.0605. The van der Waals surface area contributed by atoms with Crippen LogP contribution >= 0.6 is 11.3 Å². The van der Waals surface area contributed by atoms with Gasteiger partial charge < -0.3 is 5.32 Å². The van der Waals surface area contributed by atoms with Crippen molar-refractivity contribution in [3.63, 3.8) is 0 Å². The molecular formula is C17H22N2OS. The third-order valence-corrected chi connectivity index (χ3v) is 4.18. The quantitative estimate of drug-likeness (QED) is 0.767. The van der Waals surface area contributed by atoms with E-state index in [-0.39, 0.29) is 5.91 Å². The number of hydrogen-bond acceptors (Lipinski definition) is 3. The molecule has 112 valence electrons. The summed E-state index contributed by atoms with van der Waals surface area (Å²) in [4.78, 5) is 16.3. The Morgan fingerprint density at radius 3 is 2.86 bits per heavy atom. The van der Waals surface area contributed by atoms with Crippen molar-refractivity contribution in [3.8, 4) is 11.3 Å². The fourth-order valence-electron chi connectivity index (χ4n) is 2.18. The molecule has 0 unspecified atom stereocenters. The van der Waals surface area contributed by atoms with Gasteiger partial charge in [0.05, 0.1) is 5.69 Å². The van der Waals surface area contributed by atoms with Crippen molar-refractivity contribution in [2.24, 2.45) is 0 Å². The molecule has 4 heteroatoms. The number of amides is 1. The standard InChI is InChI=1S/C17H22N2OS/c1-4-5-6-7-16(20)19-17-18-15(11-21-17)14-10-12(2)8-9-13(14)3/h8-11H,4-7H2,1-3H3,(H,18,19,20). The SMILES string of the molecule is CCCCCC(=O)Nc1nc(-c2cc(C)ccc2C)cs1. The highest BCUT2D eigenvalue weighted by atomic mass is 32.1. The first kappa shape index (κ1) is 15.7. The third-order valence-electron chi connectivity index (χ3n) is 3.43. The van der Waals surface area contributed by atoms with Gasteiger partial charge in [-0.25, -0.2) is 4.98 Å². The highest BCUT2D eigenvalue weighted by Gasteiger charge is 2.09. The smallest absolute Gasteiger partial charge is 0.226 e. The number of rotatable bonds is 6. The third kappa shape index (κ3) is 4.39. The van der Waals surface area contributed by atoms with Crippen molar-refractivity contribution in [2.75, 3.05) is 5.32 Å². The number of carbonyl (C=O) groups is 1. The van der Waals surface area contributed by atoms with Crippen LogP contribution in [0, 0.1) is 13.8 Å². The summed E-state index contributed by atoms with van der Waals surface area (Å²) < 4.78 is 0. The molecule has 1 N–H and O–H groups in total. The van der Waals surface area contributed by atoms with Crippen LogP contribution in [0.25, 0.3) is 11.3 Å². The lowest BCUT2D eigenvalue weighted by atomic mass is 10.0. The van der Waals surface area contributed by atoms with Gasteiger partial charge in [0.2, 0.25) is 5.91 Å². The van der Waals surface area contributed by atoms with Gasteiger partial charge in [0.25, 0.3) is 0 Å². The molecule has 1 heterocycles. The lowest BCUT2D eigenvalue weighted by molar-refractivity contribution is -0.116.